The lowest BCUT2D eigenvalue weighted by atomic mass is 10.1. The standard InChI is InChI=1S/C17H15N3O6S/c1-24-11-5-4-6-14-15(11)18-17(27-14)19-16(21)9-7-12(25-2)13(26-3)8-10(9)20(22)23/h4-8H,1-3H3,(H,18,19,21). The molecule has 0 aliphatic carbocycles. The fraction of sp³-hybridized carbons (Fsp3) is 0.176. The summed E-state index contributed by atoms with van der Waals surface area (Å²) in [6.07, 6.45) is 0. The molecule has 0 spiro atoms. The Morgan fingerprint density at radius 3 is 2.41 bits per heavy atom. The number of rotatable bonds is 6. The van der Waals surface area contributed by atoms with Crippen LogP contribution >= 0.6 is 11.3 Å². The minimum Gasteiger partial charge on any atom is -0.494 e. The Hall–Kier alpha value is -3.40. The maximum Gasteiger partial charge on any atom is 0.286 e. The van der Waals surface area contributed by atoms with Crippen LogP contribution in [0.4, 0.5) is 10.8 Å². The predicted molar refractivity (Wildman–Crippen MR) is 100 cm³/mol. The molecule has 0 fully saturated rings. The summed E-state index contributed by atoms with van der Waals surface area (Å²) in [6.45, 7) is 0. The van der Waals surface area contributed by atoms with Crippen molar-refractivity contribution in [1.82, 2.24) is 4.98 Å². The summed E-state index contributed by atoms with van der Waals surface area (Å²) >= 11 is 1.23. The van der Waals surface area contributed by atoms with Crippen LogP contribution in [0.2, 0.25) is 0 Å². The maximum atomic E-state index is 12.7. The first-order chi connectivity index (χ1) is 13.0. The van der Waals surface area contributed by atoms with E-state index in [1.54, 1.807) is 6.07 Å². The Balaban J connectivity index is 2.00. The summed E-state index contributed by atoms with van der Waals surface area (Å²) < 4.78 is 16.3. The molecule has 1 N–H and O–H groups in total. The Labute approximate surface area is 157 Å². The van der Waals surface area contributed by atoms with E-state index < -0.39 is 16.5 Å². The number of carbonyl (C=O) groups excluding carboxylic acids is 1. The zero-order valence-corrected chi connectivity index (χ0v) is 15.5. The van der Waals surface area contributed by atoms with E-state index in [4.69, 9.17) is 14.2 Å². The summed E-state index contributed by atoms with van der Waals surface area (Å²) in [5.41, 5.74) is 0.0369. The van der Waals surface area contributed by atoms with Gasteiger partial charge in [0.05, 0.1) is 37.0 Å². The lowest BCUT2D eigenvalue weighted by Crippen LogP contribution is -2.14. The van der Waals surface area contributed by atoms with E-state index in [1.807, 2.05) is 12.1 Å². The molecule has 3 aromatic rings. The van der Waals surface area contributed by atoms with E-state index >= 15 is 0 Å². The first-order valence-electron chi connectivity index (χ1n) is 7.63. The van der Waals surface area contributed by atoms with Crippen molar-refractivity contribution in [2.24, 2.45) is 0 Å². The lowest BCUT2D eigenvalue weighted by Gasteiger charge is -2.10. The van der Waals surface area contributed by atoms with Crippen LogP contribution in [0.25, 0.3) is 10.2 Å². The molecule has 10 heteroatoms. The highest BCUT2D eigenvalue weighted by Crippen LogP contribution is 2.36. The molecule has 0 saturated heterocycles. The molecule has 2 aromatic carbocycles. The van der Waals surface area contributed by atoms with Crippen LogP contribution in [0, 0.1) is 10.1 Å². The molecular weight excluding hydrogens is 374 g/mol. The lowest BCUT2D eigenvalue weighted by molar-refractivity contribution is -0.385. The van der Waals surface area contributed by atoms with Gasteiger partial charge in [0, 0.05) is 6.07 Å². The van der Waals surface area contributed by atoms with Gasteiger partial charge in [-0.1, -0.05) is 17.4 Å². The highest BCUT2D eigenvalue weighted by molar-refractivity contribution is 7.22. The number of anilines is 1. The van der Waals surface area contributed by atoms with Crippen LogP contribution in [0.3, 0.4) is 0 Å². The smallest absolute Gasteiger partial charge is 0.286 e. The Kier molecular flexibility index (Phi) is 5.08. The summed E-state index contributed by atoms with van der Waals surface area (Å²) in [7, 11) is 4.26. The summed E-state index contributed by atoms with van der Waals surface area (Å²) in [5, 5.41) is 14.3. The highest BCUT2D eigenvalue weighted by Gasteiger charge is 2.25. The van der Waals surface area contributed by atoms with Gasteiger partial charge in [-0.2, -0.15) is 0 Å². The number of ether oxygens (including phenoxy) is 3. The van der Waals surface area contributed by atoms with Gasteiger partial charge in [-0.15, -0.1) is 0 Å². The highest BCUT2D eigenvalue weighted by atomic mass is 32.1. The summed E-state index contributed by atoms with van der Waals surface area (Å²) in [5.74, 6) is 0.256. The number of benzene rings is 2. The van der Waals surface area contributed by atoms with E-state index in [2.05, 4.69) is 10.3 Å². The molecule has 27 heavy (non-hydrogen) atoms. The zero-order valence-electron chi connectivity index (χ0n) is 14.6. The number of carbonyl (C=O) groups is 1. The number of amides is 1. The largest absolute Gasteiger partial charge is 0.494 e. The van der Waals surface area contributed by atoms with E-state index in [0.29, 0.717) is 16.4 Å². The third-order valence-electron chi connectivity index (χ3n) is 3.77. The van der Waals surface area contributed by atoms with Gasteiger partial charge in [0.2, 0.25) is 0 Å². The van der Waals surface area contributed by atoms with Crippen molar-refractivity contribution >= 4 is 38.3 Å². The average molecular weight is 389 g/mol. The minimum atomic E-state index is -0.680. The second kappa shape index (κ2) is 7.46. The van der Waals surface area contributed by atoms with Gasteiger partial charge < -0.3 is 14.2 Å². The van der Waals surface area contributed by atoms with Crippen molar-refractivity contribution in [2.75, 3.05) is 26.6 Å². The summed E-state index contributed by atoms with van der Waals surface area (Å²) in [6, 6.07) is 7.82. The topological polar surface area (TPSA) is 113 Å². The number of hydrogen-bond acceptors (Lipinski definition) is 8. The predicted octanol–water partition coefficient (Wildman–Crippen LogP) is 3.48. The molecule has 1 heterocycles. The molecule has 0 saturated carbocycles. The van der Waals surface area contributed by atoms with Crippen molar-refractivity contribution < 1.29 is 23.9 Å². The van der Waals surface area contributed by atoms with Gasteiger partial charge >= 0.3 is 0 Å². The van der Waals surface area contributed by atoms with Crippen LogP contribution in [0.15, 0.2) is 30.3 Å². The second-order valence-electron chi connectivity index (χ2n) is 5.26. The number of nitrogens with one attached hydrogen (secondary N) is 1. The molecular formula is C17H15N3O6S. The number of thiazole rings is 1. The van der Waals surface area contributed by atoms with Gasteiger partial charge in [0.1, 0.15) is 16.8 Å². The van der Waals surface area contributed by atoms with Crippen molar-refractivity contribution in [3.8, 4) is 17.2 Å². The number of nitro benzene ring substituents is 1. The first-order valence-corrected chi connectivity index (χ1v) is 8.45. The number of nitro groups is 1. The third kappa shape index (κ3) is 3.47. The first kappa shape index (κ1) is 18.4. The van der Waals surface area contributed by atoms with E-state index in [0.717, 1.165) is 10.8 Å². The number of aromatic nitrogens is 1. The number of methoxy groups -OCH3 is 3. The Morgan fingerprint density at radius 2 is 1.78 bits per heavy atom. The van der Waals surface area contributed by atoms with Crippen LogP contribution in [0.1, 0.15) is 10.4 Å². The number of para-hydroxylation sites is 1. The maximum absolute atomic E-state index is 12.7. The normalized spacial score (nSPS) is 10.5. The van der Waals surface area contributed by atoms with Crippen molar-refractivity contribution in [2.45, 2.75) is 0 Å². The number of fused-ring (bicyclic) bond motifs is 1. The fourth-order valence-electron chi connectivity index (χ4n) is 2.51. The third-order valence-corrected chi connectivity index (χ3v) is 4.70. The molecule has 1 amide bonds. The number of hydrogen-bond donors (Lipinski definition) is 1. The molecule has 0 aliphatic rings. The van der Waals surface area contributed by atoms with Gasteiger partial charge in [-0.25, -0.2) is 4.98 Å². The Bertz CT molecular complexity index is 1030. The van der Waals surface area contributed by atoms with Gasteiger partial charge in [0.15, 0.2) is 16.6 Å². The van der Waals surface area contributed by atoms with Crippen molar-refractivity contribution in [3.63, 3.8) is 0 Å². The Morgan fingerprint density at radius 1 is 1.11 bits per heavy atom. The molecule has 0 atom stereocenters. The van der Waals surface area contributed by atoms with E-state index in [9.17, 15) is 14.9 Å². The van der Waals surface area contributed by atoms with E-state index in [-0.39, 0.29) is 17.1 Å². The van der Waals surface area contributed by atoms with Gasteiger partial charge in [-0.05, 0) is 12.1 Å². The molecule has 9 nitrogen and oxygen atoms in total. The molecule has 0 bridgehead atoms. The summed E-state index contributed by atoms with van der Waals surface area (Å²) in [4.78, 5) is 27.7. The molecule has 0 unspecified atom stereocenters. The molecule has 140 valence electrons. The average Bonchev–Trinajstić information content (AvgIpc) is 3.08. The monoisotopic (exact) mass is 389 g/mol. The molecule has 1 aromatic heterocycles. The SMILES string of the molecule is COc1cc(C(=O)Nc2nc3c(OC)cccc3s2)c([N+](=O)[O-])cc1OC. The van der Waals surface area contributed by atoms with Crippen LogP contribution < -0.4 is 19.5 Å². The fourth-order valence-corrected chi connectivity index (χ4v) is 3.39. The second-order valence-corrected chi connectivity index (χ2v) is 6.29. The van der Waals surface area contributed by atoms with Crippen LogP contribution in [-0.4, -0.2) is 37.1 Å². The quantitative estimate of drug-likeness (QED) is 0.507. The zero-order chi connectivity index (χ0) is 19.6. The van der Waals surface area contributed by atoms with Gasteiger partial charge in [0.25, 0.3) is 11.6 Å². The molecule has 0 aliphatic heterocycles. The molecule has 0 radical (unpaired) electrons. The van der Waals surface area contributed by atoms with Crippen molar-refractivity contribution in [3.05, 3.63) is 46.0 Å². The van der Waals surface area contributed by atoms with Crippen molar-refractivity contribution in [1.29, 1.82) is 0 Å². The van der Waals surface area contributed by atoms with E-state index in [1.165, 1.54) is 38.7 Å². The van der Waals surface area contributed by atoms with Crippen LogP contribution in [-0.2, 0) is 0 Å². The van der Waals surface area contributed by atoms with Crippen LogP contribution in [0.5, 0.6) is 17.2 Å². The molecule has 3 rings (SSSR count). The number of nitrogens with zero attached hydrogens (tertiary/aromatic N) is 2. The van der Waals surface area contributed by atoms with Gasteiger partial charge in [-0.3, -0.25) is 20.2 Å². The minimum absolute atomic E-state index is 0.158.